The zero-order valence-corrected chi connectivity index (χ0v) is 17.4. The topological polar surface area (TPSA) is 136 Å². The van der Waals surface area contributed by atoms with E-state index in [1.54, 1.807) is 23.1 Å². The number of nitrogens with zero attached hydrogens (tertiary/aromatic N) is 8. The molecule has 0 aliphatic carbocycles. The van der Waals surface area contributed by atoms with Crippen molar-refractivity contribution in [1.29, 1.82) is 5.26 Å². The minimum absolute atomic E-state index is 0.306. The first-order valence-electron chi connectivity index (χ1n) is 9.80. The summed E-state index contributed by atoms with van der Waals surface area (Å²) in [5, 5.41) is 24.8. The van der Waals surface area contributed by atoms with Gasteiger partial charge in [0.2, 0.25) is 0 Å². The summed E-state index contributed by atoms with van der Waals surface area (Å²) in [6, 6.07) is 16.9. The Morgan fingerprint density at radius 1 is 1.03 bits per heavy atom. The van der Waals surface area contributed by atoms with Crippen molar-refractivity contribution in [2.75, 3.05) is 11.1 Å². The van der Waals surface area contributed by atoms with E-state index < -0.39 is 0 Å². The van der Waals surface area contributed by atoms with Gasteiger partial charge in [-0.15, -0.1) is 5.10 Å². The Labute approximate surface area is 183 Å². The molecule has 0 saturated heterocycles. The van der Waals surface area contributed by atoms with E-state index in [1.165, 1.54) is 0 Å². The fourth-order valence-corrected chi connectivity index (χ4v) is 3.38. The molecule has 0 amide bonds. The molecule has 0 saturated carbocycles. The number of benzene rings is 1. The fourth-order valence-electron chi connectivity index (χ4n) is 3.38. The molecule has 0 unspecified atom stereocenters. The lowest BCUT2D eigenvalue weighted by atomic mass is 10.2. The lowest BCUT2D eigenvalue weighted by molar-refractivity contribution is 0.808. The van der Waals surface area contributed by atoms with Crippen molar-refractivity contribution in [2.24, 2.45) is 0 Å². The Bertz CT molecular complexity index is 1490. The molecule has 10 heteroatoms. The van der Waals surface area contributed by atoms with E-state index >= 15 is 0 Å². The Morgan fingerprint density at radius 3 is 2.66 bits per heavy atom. The summed E-state index contributed by atoms with van der Waals surface area (Å²) in [6.45, 7) is 3.74. The van der Waals surface area contributed by atoms with Crippen LogP contribution in [0.25, 0.3) is 22.7 Å². The first-order chi connectivity index (χ1) is 15.5. The molecule has 5 aromatic rings. The molecule has 3 N–H and O–H groups in total. The molecule has 32 heavy (non-hydrogen) atoms. The largest absolute Gasteiger partial charge is 0.396 e. The van der Waals surface area contributed by atoms with Gasteiger partial charge in [-0.05, 0) is 62.4 Å². The molecule has 156 valence electrons. The summed E-state index contributed by atoms with van der Waals surface area (Å²) in [5.41, 5.74) is 11.1. The first kappa shape index (κ1) is 19.2. The number of aromatic nitrogens is 7. The highest BCUT2D eigenvalue weighted by Crippen LogP contribution is 2.25. The van der Waals surface area contributed by atoms with Gasteiger partial charge < -0.3 is 11.1 Å². The normalized spacial score (nSPS) is 10.9. The van der Waals surface area contributed by atoms with Gasteiger partial charge >= 0.3 is 0 Å². The minimum Gasteiger partial charge on any atom is -0.396 e. The van der Waals surface area contributed by atoms with Crippen molar-refractivity contribution in [2.45, 2.75) is 13.8 Å². The highest BCUT2D eigenvalue weighted by molar-refractivity contribution is 5.82. The number of imidazole rings is 1. The van der Waals surface area contributed by atoms with Crippen LogP contribution in [-0.2, 0) is 0 Å². The average molecular weight is 422 g/mol. The van der Waals surface area contributed by atoms with Crippen LogP contribution in [0.5, 0.6) is 0 Å². The maximum Gasteiger partial charge on any atom is 0.178 e. The molecule has 10 nitrogen and oxygen atoms in total. The highest BCUT2D eigenvalue weighted by atomic mass is 15.3. The summed E-state index contributed by atoms with van der Waals surface area (Å²) >= 11 is 0. The van der Waals surface area contributed by atoms with Gasteiger partial charge in [0.05, 0.1) is 22.4 Å². The number of nitrogen functional groups attached to an aromatic ring is 1. The van der Waals surface area contributed by atoms with Crippen LogP contribution < -0.4 is 11.1 Å². The molecular weight excluding hydrogens is 404 g/mol. The number of nitrogens with two attached hydrogens (primary N) is 1. The van der Waals surface area contributed by atoms with Gasteiger partial charge in [0.1, 0.15) is 18.2 Å². The minimum atomic E-state index is 0.306. The SMILES string of the molecule is Cc1ccc(Nc2ccc3c(c2)ncn3-c2ccc(N)c(-n3nc(C#N)cc3C)n2)nn1. The van der Waals surface area contributed by atoms with Crippen LogP contribution in [0.4, 0.5) is 17.2 Å². The van der Waals surface area contributed by atoms with Gasteiger partial charge in [-0.25, -0.2) is 14.6 Å². The molecule has 1 aromatic carbocycles. The average Bonchev–Trinajstić information content (AvgIpc) is 3.39. The highest BCUT2D eigenvalue weighted by Gasteiger charge is 2.14. The van der Waals surface area contributed by atoms with Crippen molar-refractivity contribution in [1.82, 2.24) is 34.5 Å². The van der Waals surface area contributed by atoms with Crippen molar-refractivity contribution >= 4 is 28.2 Å². The van der Waals surface area contributed by atoms with Crippen LogP contribution in [0.15, 0.2) is 54.9 Å². The molecule has 0 atom stereocenters. The predicted octanol–water partition coefficient (Wildman–Crippen LogP) is 3.21. The van der Waals surface area contributed by atoms with E-state index in [0.29, 0.717) is 28.8 Å². The zero-order chi connectivity index (χ0) is 22.2. The second kappa shape index (κ2) is 7.48. The van der Waals surface area contributed by atoms with Gasteiger partial charge in [-0.3, -0.25) is 4.57 Å². The zero-order valence-electron chi connectivity index (χ0n) is 17.4. The Balaban J connectivity index is 1.51. The van der Waals surface area contributed by atoms with Crippen molar-refractivity contribution in [3.05, 3.63) is 71.9 Å². The number of nitriles is 1. The molecular formula is C22H18N10. The lowest BCUT2D eigenvalue weighted by Crippen LogP contribution is -2.08. The number of pyridine rings is 1. The summed E-state index contributed by atoms with van der Waals surface area (Å²) in [6.07, 6.45) is 1.71. The molecule has 0 aliphatic rings. The Hall–Kier alpha value is -4.78. The van der Waals surface area contributed by atoms with Gasteiger partial charge in [0.25, 0.3) is 0 Å². The van der Waals surface area contributed by atoms with Crippen LogP contribution in [0.2, 0.25) is 0 Å². The second-order valence-electron chi connectivity index (χ2n) is 7.28. The molecule has 0 bridgehead atoms. The number of rotatable bonds is 4. The van der Waals surface area contributed by atoms with Gasteiger partial charge in [-0.2, -0.15) is 15.5 Å². The van der Waals surface area contributed by atoms with Crippen LogP contribution in [-0.4, -0.2) is 34.5 Å². The fraction of sp³-hybridized carbons (Fsp3) is 0.0909. The number of nitrogens with one attached hydrogen (secondary N) is 1. The van der Waals surface area contributed by atoms with Gasteiger partial charge in [0, 0.05) is 11.4 Å². The van der Waals surface area contributed by atoms with E-state index in [4.69, 9.17) is 16.0 Å². The number of fused-ring (bicyclic) bond motifs is 1. The first-order valence-corrected chi connectivity index (χ1v) is 9.80. The van der Waals surface area contributed by atoms with E-state index in [9.17, 15) is 0 Å². The maximum atomic E-state index is 9.14. The summed E-state index contributed by atoms with van der Waals surface area (Å²) in [7, 11) is 0. The number of anilines is 3. The summed E-state index contributed by atoms with van der Waals surface area (Å²) in [5.74, 6) is 1.75. The predicted molar refractivity (Wildman–Crippen MR) is 120 cm³/mol. The Kier molecular flexibility index (Phi) is 4.49. The van der Waals surface area contributed by atoms with Crippen LogP contribution in [0.1, 0.15) is 17.1 Å². The number of aryl methyl sites for hydroxylation is 2. The van der Waals surface area contributed by atoms with Crippen LogP contribution in [0, 0.1) is 25.2 Å². The molecule has 0 radical (unpaired) electrons. The molecule has 4 heterocycles. The van der Waals surface area contributed by atoms with Gasteiger partial charge in [0.15, 0.2) is 17.3 Å². The molecule has 0 aliphatic heterocycles. The van der Waals surface area contributed by atoms with Crippen molar-refractivity contribution in [3.63, 3.8) is 0 Å². The monoisotopic (exact) mass is 422 g/mol. The van der Waals surface area contributed by atoms with Crippen molar-refractivity contribution in [3.8, 4) is 17.7 Å². The quantitative estimate of drug-likeness (QED) is 0.450. The summed E-state index contributed by atoms with van der Waals surface area (Å²) in [4.78, 5) is 9.22. The van der Waals surface area contributed by atoms with E-state index in [2.05, 4.69) is 25.6 Å². The molecule has 0 spiro atoms. The third-order valence-corrected chi connectivity index (χ3v) is 4.96. The third-order valence-electron chi connectivity index (χ3n) is 4.96. The maximum absolute atomic E-state index is 9.14. The van der Waals surface area contributed by atoms with Crippen LogP contribution in [0.3, 0.4) is 0 Å². The van der Waals surface area contributed by atoms with E-state index in [0.717, 1.165) is 28.1 Å². The molecule has 0 fully saturated rings. The Morgan fingerprint density at radius 2 is 1.91 bits per heavy atom. The van der Waals surface area contributed by atoms with Gasteiger partial charge in [-0.1, -0.05) is 0 Å². The second-order valence-corrected chi connectivity index (χ2v) is 7.28. The molecule has 4 aromatic heterocycles. The van der Waals surface area contributed by atoms with Crippen LogP contribution >= 0.6 is 0 Å². The lowest BCUT2D eigenvalue weighted by Gasteiger charge is -2.10. The number of hydrogen-bond acceptors (Lipinski definition) is 8. The van der Waals surface area contributed by atoms with E-state index in [1.807, 2.05) is 60.9 Å². The van der Waals surface area contributed by atoms with E-state index in [-0.39, 0.29) is 0 Å². The summed E-state index contributed by atoms with van der Waals surface area (Å²) < 4.78 is 3.44. The number of hydrogen-bond donors (Lipinski definition) is 2. The third kappa shape index (κ3) is 3.37. The van der Waals surface area contributed by atoms with Crippen molar-refractivity contribution < 1.29 is 0 Å². The molecule has 5 rings (SSSR count). The smallest absolute Gasteiger partial charge is 0.178 e. The standard InChI is InChI=1S/C22H18N10/c1-13-3-7-20(29-28-13)26-15-4-6-19-18(10-15)25-12-31(19)21-8-5-17(24)22(27-21)32-14(2)9-16(11-23)30-32/h3-10,12H,24H2,1-2H3,(H,26,29).